The molecule has 22 heavy (non-hydrogen) atoms. The van der Waals surface area contributed by atoms with Crippen LogP contribution >= 0.6 is 0 Å². The molecule has 1 aromatic heterocycles. The van der Waals surface area contributed by atoms with E-state index in [-0.39, 0.29) is 23.4 Å². The molecule has 2 amide bonds. The van der Waals surface area contributed by atoms with Crippen molar-refractivity contribution >= 4 is 11.8 Å². The van der Waals surface area contributed by atoms with Crippen LogP contribution in [0.2, 0.25) is 0 Å². The maximum Gasteiger partial charge on any atom is 0.269 e. The van der Waals surface area contributed by atoms with Gasteiger partial charge in [0.25, 0.3) is 5.91 Å². The molecule has 2 aliphatic rings. The first kappa shape index (κ1) is 14.8. The maximum absolute atomic E-state index is 12.6. The minimum atomic E-state index is -0.528. The Labute approximate surface area is 129 Å². The summed E-state index contributed by atoms with van der Waals surface area (Å²) >= 11 is 0. The zero-order chi connectivity index (χ0) is 15.5. The van der Waals surface area contributed by atoms with E-state index in [2.05, 4.69) is 22.3 Å². The molecule has 0 bridgehead atoms. The first-order chi connectivity index (χ1) is 10.6. The fourth-order valence-corrected chi connectivity index (χ4v) is 3.38. The molecule has 118 valence electrons. The number of piperidine rings is 1. The van der Waals surface area contributed by atoms with Crippen molar-refractivity contribution in [3.8, 4) is 0 Å². The lowest BCUT2D eigenvalue weighted by Crippen LogP contribution is -2.42. The minimum Gasteiger partial charge on any atom is -0.364 e. The molecule has 1 aromatic rings. The van der Waals surface area contributed by atoms with E-state index in [1.807, 2.05) is 4.90 Å². The molecule has 0 spiro atoms. The summed E-state index contributed by atoms with van der Waals surface area (Å²) in [5.74, 6) is 0.0769. The normalized spacial score (nSPS) is 25.2. The van der Waals surface area contributed by atoms with E-state index >= 15 is 0 Å². The summed E-state index contributed by atoms with van der Waals surface area (Å²) < 4.78 is 0. The molecular weight excluding hydrogens is 280 g/mol. The number of aromatic amines is 1. The Morgan fingerprint density at radius 1 is 1.32 bits per heavy atom. The number of aromatic nitrogens is 2. The Morgan fingerprint density at radius 2 is 2.18 bits per heavy atom. The number of rotatable bonds is 3. The first-order valence-corrected chi connectivity index (χ1v) is 7.94. The van der Waals surface area contributed by atoms with Gasteiger partial charge in [-0.2, -0.15) is 5.10 Å². The van der Waals surface area contributed by atoms with E-state index in [4.69, 9.17) is 5.73 Å². The smallest absolute Gasteiger partial charge is 0.269 e. The van der Waals surface area contributed by atoms with Crippen molar-refractivity contribution in [2.75, 3.05) is 13.1 Å². The molecule has 1 aliphatic carbocycles. The van der Waals surface area contributed by atoms with Crippen molar-refractivity contribution in [2.24, 2.45) is 11.7 Å². The van der Waals surface area contributed by atoms with Gasteiger partial charge in [-0.3, -0.25) is 14.7 Å². The summed E-state index contributed by atoms with van der Waals surface area (Å²) in [5, 5.41) is 6.83. The van der Waals surface area contributed by atoms with Gasteiger partial charge in [0.2, 0.25) is 5.91 Å². The molecule has 6 nitrogen and oxygen atoms in total. The number of hydrogen-bond donors (Lipinski definition) is 2. The van der Waals surface area contributed by atoms with Gasteiger partial charge in [-0.1, -0.05) is 12.2 Å². The van der Waals surface area contributed by atoms with Gasteiger partial charge >= 0.3 is 0 Å². The molecule has 3 N–H and O–H groups in total. The number of nitrogens with zero attached hydrogens (tertiary/aromatic N) is 2. The molecule has 1 fully saturated rings. The first-order valence-electron chi connectivity index (χ1n) is 7.94. The minimum absolute atomic E-state index is 0.131. The molecule has 2 atom stereocenters. The van der Waals surface area contributed by atoms with Crippen molar-refractivity contribution in [3.05, 3.63) is 29.6 Å². The van der Waals surface area contributed by atoms with Gasteiger partial charge in [0.15, 0.2) is 0 Å². The SMILES string of the molecule is NC(=O)c1cc(C2CCCN(C(=O)C3CC=CCC3)C2)[nH]n1. The summed E-state index contributed by atoms with van der Waals surface area (Å²) in [4.78, 5) is 25.8. The average molecular weight is 302 g/mol. The van der Waals surface area contributed by atoms with Gasteiger partial charge in [-0.25, -0.2) is 0 Å². The number of hydrogen-bond acceptors (Lipinski definition) is 3. The predicted molar refractivity (Wildman–Crippen MR) is 82.1 cm³/mol. The Morgan fingerprint density at radius 3 is 2.86 bits per heavy atom. The third kappa shape index (κ3) is 3.05. The number of primary amides is 1. The second-order valence-corrected chi connectivity index (χ2v) is 6.18. The molecular formula is C16H22N4O2. The lowest BCUT2D eigenvalue weighted by molar-refractivity contribution is -0.137. The van der Waals surface area contributed by atoms with E-state index in [0.717, 1.165) is 44.3 Å². The third-order valence-electron chi connectivity index (χ3n) is 4.64. The van der Waals surface area contributed by atoms with Crippen LogP contribution < -0.4 is 5.73 Å². The Kier molecular flexibility index (Phi) is 4.27. The number of likely N-dealkylation sites (tertiary alicyclic amines) is 1. The molecule has 2 unspecified atom stereocenters. The lowest BCUT2D eigenvalue weighted by atomic mass is 9.90. The van der Waals surface area contributed by atoms with Gasteiger partial charge in [0.05, 0.1) is 0 Å². The van der Waals surface area contributed by atoms with Gasteiger partial charge in [0, 0.05) is 30.6 Å². The maximum atomic E-state index is 12.6. The fourth-order valence-electron chi connectivity index (χ4n) is 3.38. The van der Waals surface area contributed by atoms with Crippen LogP contribution in [0.25, 0.3) is 0 Å². The standard InChI is InChI=1S/C16H22N4O2/c17-15(21)14-9-13(18-19-14)12-7-4-8-20(10-12)16(22)11-5-2-1-3-6-11/h1-2,9,11-12H,3-8,10H2,(H2,17,21)(H,18,19). The molecule has 1 aliphatic heterocycles. The Bertz CT molecular complexity index is 593. The number of nitrogens with two attached hydrogens (primary N) is 1. The van der Waals surface area contributed by atoms with Crippen molar-refractivity contribution in [3.63, 3.8) is 0 Å². The summed E-state index contributed by atoms with van der Waals surface area (Å²) in [7, 11) is 0. The van der Waals surface area contributed by atoms with E-state index in [9.17, 15) is 9.59 Å². The van der Waals surface area contributed by atoms with Crippen molar-refractivity contribution in [1.82, 2.24) is 15.1 Å². The number of H-pyrrole nitrogens is 1. The number of carbonyl (C=O) groups excluding carboxylic acids is 2. The van der Waals surface area contributed by atoms with Crippen LogP contribution in [0.1, 0.15) is 54.2 Å². The van der Waals surface area contributed by atoms with Crippen LogP contribution in [0.3, 0.4) is 0 Å². The Hall–Kier alpha value is -2.11. The van der Waals surface area contributed by atoms with E-state index in [1.54, 1.807) is 6.07 Å². The Balaban J connectivity index is 1.66. The average Bonchev–Trinajstić information content (AvgIpc) is 3.05. The summed E-state index contributed by atoms with van der Waals surface area (Å²) in [6.07, 6.45) is 9.04. The highest BCUT2D eigenvalue weighted by Gasteiger charge is 2.30. The number of allylic oxidation sites excluding steroid dienone is 2. The van der Waals surface area contributed by atoms with Crippen molar-refractivity contribution in [1.29, 1.82) is 0 Å². The molecule has 0 saturated carbocycles. The molecule has 3 rings (SSSR count). The van der Waals surface area contributed by atoms with Crippen LogP contribution in [0.15, 0.2) is 18.2 Å². The molecule has 6 heteroatoms. The van der Waals surface area contributed by atoms with Gasteiger partial charge < -0.3 is 10.6 Å². The van der Waals surface area contributed by atoms with Gasteiger partial charge in [-0.15, -0.1) is 0 Å². The van der Waals surface area contributed by atoms with Gasteiger partial charge in [-0.05, 0) is 38.2 Å². The number of nitrogens with one attached hydrogen (secondary N) is 1. The van der Waals surface area contributed by atoms with Crippen LogP contribution in [0.4, 0.5) is 0 Å². The van der Waals surface area contributed by atoms with E-state index in [1.165, 1.54) is 0 Å². The summed E-state index contributed by atoms with van der Waals surface area (Å²) in [6, 6.07) is 1.71. The molecule has 0 aromatic carbocycles. The summed E-state index contributed by atoms with van der Waals surface area (Å²) in [6.45, 7) is 1.52. The van der Waals surface area contributed by atoms with Gasteiger partial charge in [0.1, 0.15) is 5.69 Å². The van der Waals surface area contributed by atoms with Crippen LogP contribution in [0, 0.1) is 5.92 Å². The monoisotopic (exact) mass is 302 g/mol. The number of carbonyl (C=O) groups is 2. The summed E-state index contributed by atoms with van der Waals surface area (Å²) in [5.41, 5.74) is 6.40. The second-order valence-electron chi connectivity index (χ2n) is 6.18. The fraction of sp³-hybridized carbons (Fsp3) is 0.562. The molecule has 1 saturated heterocycles. The zero-order valence-corrected chi connectivity index (χ0v) is 12.6. The topological polar surface area (TPSA) is 92.1 Å². The quantitative estimate of drug-likeness (QED) is 0.830. The third-order valence-corrected chi connectivity index (χ3v) is 4.64. The van der Waals surface area contributed by atoms with Crippen LogP contribution in [0.5, 0.6) is 0 Å². The van der Waals surface area contributed by atoms with E-state index < -0.39 is 5.91 Å². The lowest BCUT2D eigenvalue weighted by Gasteiger charge is -2.35. The zero-order valence-electron chi connectivity index (χ0n) is 12.6. The van der Waals surface area contributed by atoms with E-state index in [0.29, 0.717) is 6.54 Å². The highest BCUT2D eigenvalue weighted by Crippen LogP contribution is 2.29. The molecule has 2 heterocycles. The highest BCUT2D eigenvalue weighted by atomic mass is 16.2. The van der Waals surface area contributed by atoms with Crippen molar-refractivity contribution < 1.29 is 9.59 Å². The van der Waals surface area contributed by atoms with Crippen LogP contribution in [-0.4, -0.2) is 40.0 Å². The van der Waals surface area contributed by atoms with Crippen molar-refractivity contribution in [2.45, 2.75) is 38.0 Å². The molecule has 0 radical (unpaired) electrons. The van der Waals surface area contributed by atoms with Crippen LogP contribution in [-0.2, 0) is 4.79 Å². The highest BCUT2D eigenvalue weighted by molar-refractivity contribution is 5.90. The predicted octanol–water partition coefficient (Wildman–Crippen LogP) is 1.57. The second kappa shape index (κ2) is 6.34. The largest absolute Gasteiger partial charge is 0.364 e. The number of amides is 2.